The molecule has 0 bridgehead atoms. The minimum absolute atomic E-state index is 0.0112. The molecule has 1 aromatic rings. The number of carbonyl (C=O) groups is 1. The van der Waals surface area contributed by atoms with Crippen molar-refractivity contribution in [2.24, 2.45) is 4.99 Å². The molecule has 2 N–H and O–H groups in total. The predicted molar refractivity (Wildman–Crippen MR) is 121 cm³/mol. The monoisotopic (exact) mass is 415 g/mol. The summed E-state index contributed by atoms with van der Waals surface area (Å²) in [6.07, 6.45) is 4.59. The van der Waals surface area contributed by atoms with Gasteiger partial charge in [0.15, 0.2) is 5.96 Å². The number of hydrogen-bond acceptors (Lipinski definition) is 4. The minimum Gasteiger partial charge on any atom is -0.379 e. The standard InChI is InChI=1S/C23H37N5O2/c1-27(2)22(29)18-25-23(24-12-13-28-14-16-30-17-15-28)26-21-10-8-20(9-11-21)19-6-4-3-5-7-19/h3-7,20-21H,8-18H2,1-2H3,(H2,24,25,26). The third kappa shape index (κ3) is 7.29. The van der Waals surface area contributed by atoms with Crippen LogP contribution in [0, 0.1) is 0 Å². The van der Waals surface area contributed by atoms with E-state index < -0.39 is 0 Å². The van der Waals surface area contributed by atoms with Gasteiger partial charge in [0.2, 0.25) is 5.91 Å². The molecule has 1 saturated carbocycles. The van der Waals surface area contributed by atoms with Gasteiger partial charge in [0.1, 0.15) is 6.54 Å². The molecule has 1 saturated heterocycles. The van der Waals surface area contributed by atoms with Gasteiger partial charge in [-0.05, 0) is 37.2 Å². The van der Waals surface area contributed by atoms with Gasteiger partial charge < -0.3 is 20.3 Å². The highest BCUT2D eigenvalue weighted by molar-refractivity contribution is 5.84. The molecule has 3 rings (SSSR count). The highest BCUT2D eigenvalue weighted by Crippen LogP contribution is 2.32. The highest BCUT2D eigenvalue weighted by atomic mass is 16.5. The van der Waals surface area contributed by atoms with Crippen molar-refractivity contribution >= 4 is 11.9 Å². The molecule has 0 atom stereocenters. The third-order valence-corrected chi connectivity index (χ3v) is 6.03. The SMILES string of the molecule is CN(C)C(=O)CN=C(NCCN1CCOCC1)NC1CCC(c2ccccc2)CC1. The first-order chi connectivity index (χ1) is 14.6. The first-order valence-corrected chi connectivity index (χ1v) is 11.2. The first kappa shape index (κ1) is 22.6. The van der Waals surface area contributed by atoms with Crippen LogP contribution in [0.3, 0.4) is 0 Å². The molecule has 7 nitrogen and oxygen atoms in total. The molecule has 1 aliphatic heterocycles. The number of nitrogens with zero attached hydrogens (tertiary/aromatic N) is 3. The van der Waals surface area contributed by atoms with Crippen molar-refractivity contribution in [3.05, 3.63) is 35.9 Å². The summed E-state index contributed by atoms with van der Waals surface area (Å²) in [4.78, 5) is 20.5. The van der Waals surface area contributed by atoms with E-state index in [-0.39, 0.29) is 12.5 Å². The average molecular weight is 416 g/mol. The lowest BCUT2D eigenvalue weighted by Crippen LogP contribution is -2.48. The molecule has 7 heteroatoms. The lowest BCUT2D eigenvalue weighted by atomic mass is 9.82. The smallest absolute Gasteiger partial charge is 0.243 e. The second-order valence-corrected chi connectivity index (χ2v) is 8.44. The molecular formula is C23H37N5O2. The second-order valence-electron chi connectivity index (χ2n) is 8.44. The van der Waals surface area contributed by atoms with Crippen LogP contribution in [0.2, 0.25) is 0 Å². The number of guanidine groups is 1. The van der Waals surface area contributed by atoms with E-state index in [9.17, 15) is 4.79 Å². The van der Waals surface area contributed by atoms with E-state index in [1.165, 1.54) is 18.4 Å². The fraction of sp³-hybridized carbons (Fsp3) is 0.652. The summed E-state index contributed by atoms with van der Waals surface area (Å²) in [7, 11) is 3.53. The fourth-order valence-electron chi connectivity index (χ4n) is 4.09. The van der Waals surface area contributed by atoms with Crippen LogP contribution < -0.4 is 10.6 Å². The van der Waals surface area contributed by atoms with Crippen LogP contribution in [-0.2, 0) is 9.53 Å². The summed E-state index contributed by atoms with van der Waals surface area (Å²) in [6, 6.07) is 11.2. The Morgan fingerprint density at radius 2 is 1.83 bits per heavy atom. The topological polar surface area (TPSA) is 69.2 Å². The van der Waals surface area contributed by atoms with Gasteiger partial charge in [-0.2, -0.15) is 0 Å². The predicted octanol–water partition coefficient (Wildman–Crippen LogP) is 1.67. The second kappa shape index (κ2) is 11.9. The van der Waals surface area contributed by atoms with Crippen LogP contribution in [0.4, 0.5) is 0 Å². The zero-order valence-corrected chi connectivity index (χ0v) is 18.5. The Balaban J connectivity index is 1.49. The van der Waals surface area contributed by atoms with Crippen molar-refractivity contribution in [2.45, 2.75) is 37.6 Å². The summed E-state index contributed by atoms with van der Waals surface area (Å²) >= 11 is 0. The molecule has 0 radical (unpaired) electrons. The zero-order chi connectivity index (χ0) is 21.2. The van der Waals surface area contributed by atoms with Crippen LogP contribution in [0.1, 0.15) is 37.2 Å². The Hall–Kier alpha value is -2.12. The molecular weight excluding hydrogens is 378 g/mol. The van der Waals surface area contributed by atoms with Crippen molar-refractivity contribution in [3.8, 4) is 0 Å². The van der Waals surface area contributed by atoms with Gasteiger partial charge in [0.05, 0.1) is 13.2 Å². The van der Waals surface area contributed by atoms with E-state index in [2.05, 4.69) is 50.9 Å². The summed E-state index contributed by atoms with van der Waals surface area (Å²) in [6.45, 7) is 5.49. The molecule has 2 fully saturated rings. The van der Waals surface area contributed by atoms with Crippen LogP contribution in [0.15, 0.2) is 35.3 Å². The van der Waals surface area contributed by atoms with E-state index in [1.807, 2.05) is 0 Å². The van der Waals surface area contributed by atoms with Gasteiger partial charge in [-0.25, -0.2) is 4.99 Å². The van der Waals surface area contributed by atoms with Crippen LogP contribution in [-0.4, -0.2) is 87.7 Å². The van der Waals surface area contributed by atoms with Crippen molar-refractivity contribution in [1.29, 1.82) is 0 Å². The van der Waals surface area contributed by atoms with Crippen molar-refractivity contribution in [3.63, 3.8) is 0 Å². The Kier molecular flexibility index (Phi) is 8.96. The van der Waals surface area contributed by atoms with E-state index in [1.54, 1.807) is 19.0 Å². The minimum atomic E-state index is 0.0112. The lowest BCUT2D eigenvalue weighted by molar-refractivity contribution is -0.127. The number of carbonyl (C=O) groups excluding carboxylic acids is 1. The summed E-state index contributed by atoms with van der Waals surface area (Å²) in [5.74, 6) is 1.41. The summed E-state index contributed by atoms with van der Waals surface area (Å²) in [5.41, 5.74) is 1.45. The van der Waals surface area contributed by atoms with E-state index in [0.29, 0.717) is 12.0 Å². The summed E-state index contributed by atoms with van der Waals surface area (Å²) in [5, 5.41) is 7.02. The fourth-order valence-corrected chi connectivity index (χ4v) is 4.09. The van der Waals surface area contributed by atoms with Crippen molar-refractivity contribution in [2.75, 3.05) is 60.0 Å². The molecule has 1 aliphatic carbocycles. The number of rotatable bonds is 7. The number of hydrogen-bond donors (Lipinski definition) is 2. The van der Waals surface area contributed by atoms with Gasteiger partial charge >= 0.3 is 0 Å². The van der Waals surface area contributed by atoms with E-state index in [0.717, 1.165) is 58.2 Å². The number of amides is 1. The van der Waals surface area contributed by atoms with Gasteiger partial charge in [0, 0.05) is 46.3 Å². The Morgan fingerprint density at radius 3 is 2.50 bits per heavy atom. The highest BCUT2D eigenvalue weighted by Gasteiger charge is 2.23. The maximum atomic E-state index is 12.0. The molecule has 0 unspecified atom stereocenters. The number of nitrogens with one attached hydrogen (secondary N) is 2. The molecule has 1 aromatic carbocycles. The molecule has 1 amide bonds. The summed E-state index contributed by atoms with van der Waals surface area (Å²) < 4.78 is 5.42. The lowest BCUT2D eigenvalue weighted by Gasteiger charge is -2.31. The molecule has 0 spiro atoms. The zero-order valence-electron chi connectivity index (χ0n) is 18.5. The quantitative estimate of drug-likeness (QED) is 0.524. The van der Waals surface area contributed by atoms with Crippen molar-refractivity contribution < 1.29 is 9.53 Å². The number of morpholine rings is 1. The first-order valence-electron chi connectivity index (χ1n) is 11.2. The Morgan fingerprint density at radius 1 is 1.13 bits per heavy atom. The number of ether oxygens (including phenoxy) is 1. The maximum Gasteiger partial charge on any atom is 0.243 e. The van der Waals surface area contributed by atoms with Gasteiger partial charge in [0.25, 0.3) is 0 Å². The van der Waals surface area contributed by atoms with E-state index >= 15 is 0 Å². The van der Waals surface area contributed by atoms with Crippen LogP contribution >= 0.6 is 0 Å². The largest absolute Gasteiger partial charge is 0.379 e. The third-order valence-electron chi connectivity index (χ3n) is 6.03. The molecule has 166 valence electrons. The van der Waals surface area contributed by atoms with Crippen LogP contribution in [0.5, 0.6) is 0 Å². The Bertz CT molecular complexity index is 665. The molecule has 2 aliphatic rings. The number of aliphatic imine (C=N–C) groups is 1. The molecule has 30 heavy (non-hydrogen) atoms. The van der Waals surface area contributed by atoms with Gasteiger partial charge in [-0.3, -0.25) is 9.69 Å². The van der Waals surface area contributed by atoms with E-state index in [4.69, 9.17) is 4.74 Å². The number of benzene rings is 1. The van der Waals surface area contributed by atoms with Gasteiger partial charge in [-0.15, -0.1) is 0 Å². The average Bonchev–Trinajstić information content (AvgIpc) is 2.79. The molecule has 0 aromatic heterocycles. The van der Waals surface area contributed by atoms with Gasteiger partial charge in [-0.1, -0.05) is 30.3 Å². The maximum absolute atomic E-state index is 12.0. The molecule has 1 heterocycles. The van der Waals surface area contributed by atoms with Crippen molar-refractivity contribution in [1.82, 2.24) is 20.4 Å². The van der Waals surface area contributed by atoms with Crippen LogP contribution in [0.25, 0.3) is 0 Å². The Labute approximate surface area is 180 Å². The number of likely N-dealkylation sites (N-methyl/N-ethyl adjacent to an activating group) is 1. The normalized spacial score (nSPS) is 23.1.